The van der Waals surface area contributed by atoms with Gasteiger partial charge in [0.15, 0.2) is 5.13 Å². The fraction of sp³-hybridized carbons (Fsp3) is 0.769. The Labute approximate surface area is 107 Å². The van der Waals surface area contributed by atoms with E-state index in [0.29, 0.717) is 6.61 Å². The number of aliphatic hydroxyl groups is 1. The van der Waals surface area contributed by atoms with Crippen LogP contribution in [-0.2, 0) is 0 Å². The number of nitrogens with one attached hydrogen (secondary N) is 1. The van der Waals surface area contributed by atoms with Gasteiger partial charge < -0.3 is 10.4 Å². The summed E-state index contributed by atoms with van der Waals surface area (Å²) in [5.41, 5.74) is 1.20. The maximum absolute atomic E-state index is 9.62. The molecule has 1 aliphatic carbocycles. The molecule has 1 aliphatic rings. The summed E-state index contributed by atoms with van der Waals surface area (Å²) in [7, 11) is 0. The molecule has 0 amide bonds. The third-order valence-corrected chi connectivity index (χ3v) is 4.92. The first-order valence-corrected chi connectivity index (χ1v) is 7.26. The summed E-state index contributed by atoms with van der Waals surface area (Å²) in [4.78, 5) is 5.76. The fourth-order valence-corrected chi connectivity index (χ4v) is 3.31. The molecule has 1 saturated carbocycles. The molecule has 0 aliphatic heterocycles. The Kier molecular flexibility index (Phi) is 4.05. The van der Waals surface area contributed by atoms with Gasteiger partial charge in [0, 0.05) is 16.8 Å². The van der Waals surface area contributed by atoms with E-state index in [4.69, 9.17) is 0 Å². The second kappa shape index (κ2) is 5.36. The SMILES string of the molecule is Cc1nc(NCC2(CO)CCCCC2)sc1C. The number of nitrogens with zero attached hydrogens (tertiary/aromatic N) is 1. The highest BCUT2D eigenvalue weighted by Gasteiger charge is 2.31. The maximum Gasteiger partial charge on any atom is 0.183 e. The van der Waals surface area contributed by atoms with E-state index in [0.717, 1.165) is 30.2 Å². The van der Waals surface area contributed by atoms with Crippen LogP contribution in [0.4, 0.5) is 5.13 Å². The monoisotopic (exact) mass is 254 g/mol. The molecule has 1 aromatic rings. The van der Waals surface area contributed by atoms with Crippen molar-refractivity contribution < 1.29 is 5.11 Å². The molecule has 0 aromatic carbocycles. The maximum atomic E-state index is 9.62. The molecule has 0 radical (unpaired) electrons. The van der Waals surface area contributed by atoms with Crippen molar-refractivity contribution >= 4 is 16.5 Å². The number of aryl methyl sites for hydroxylation is 2. The minimum atomic E-state index is 0.0890. The molecule has 2 N–H and O–H groups in total. The van der Waals surface area contributed by atoms with Crippen molar-refractivity contribution in [3.8, 4) is 0 Å². The Morgan fingerprint density at radius 2 is 2.00 bits per heavy atom. The van der Waals surface area contributed by atoms with Gasteiger partial charge in [0.2, 0.25) is 0 Å². The first-order chi connectivity index (χ1) is 8.15. The van der Waals surface area contributed by atoms with Crippen LogP contribution in [-0.4, -0.2) is 23.2 Å². The van der Waals surface area contributed by atoms with Crippen LogP contribution in [0.15, 0.2) is 0 Å². The van der Waals surface area contributed by atoms with E-state index in [1.165, 1.54) is 24.1 Å². The van der Waals surface area contributed by atoms with Gasteiger partial charge in [-0.2, -0.15) is 0 Å². The Bertz CT molecular complexity index is 350. The summed E-state index contributed by atoms with van der Waals surface area (Å²) in [6.45, 7) is 5.29. The zero-order valence-corrected chi connectivity index (χ0v) is 11.6. The summed E-state index contributed by atoms with van der Waals surface area (Å²) >= 11 is 1.71. The van der Waals surface area contributed by atoms with E-state index in [9.17, 15) is 5.11 Å². The fourth-order valence-electron chi connectivity index (χ4n) is 2.50. The van der Waals surface area contributed by atoms with Gasteiger partial charge in [0.25, 0.3) is 0 Å². The van der Waals surface area contributed by atoms with Crippen LogP contribution in [0.3, 0.4) is 0 Å². The van der Waals surface area contributed by atoms with Crippen LogP contribution in [0.2, 0.25) is 0 Å². The van der Waals surface area contributed by atoms with E-state index < -0.39 is 0 Å². The summed E-state index contributed by atoms with van der Waals surface area (Å²) < 4.78 is 0. The Hall–Kier alpha value is -0.610. The quantitative estimate of drug-likeness (QED) is 0.867. The first kappa shape index (κ1) is 12.8. The molecule has 4 heteroatoms. The van der Waals surface area contributed by atoms with Gasteiger partial charge in [-0.05, 0) is 26.7 Å². The predicted octanol–water partition coefficient (Wildman–Crippen LogP) is 3.11. The number of rotatable bonds is 4. The lowest BCUT2D eigenvalue weighted by molar-refractivity contribution is 0.0944. The molecule has 2 rings (SSSR count). The lowest BCUT2D eigenvalue weighted by Crippen LogP contribution is -2.35. The zero-order valence-electron chi connectivity index (χ0n) is 10.8. The van der Waals surface area contributed by atoms with Crippen LogP contribution >= 0.6 is 11.3 Å². The van der Waals surface area contributed by atoms with Crippen LogP contribution < -0.4 is 5.32 Å². The van der Waals surface area contributed by atoms with Gasteiger partial charge in [-0.25, -0.2) is 4.98 Å². The molecule has 96 valence electrons. The van der Waals surface area contributed by atoms with Crippen molar-refractivity contribution in [2.45, 2.75) is 46.0 Å². The van der Waals surface area contributed by atoms with Gasteiger partial charge in [0.05, 0.1) is 12.3 Å². The van der Waals surface area contributed by atoms with E-state index >= 15 is 0 Å². The molecule has 0 saturated heterocycles. The molecular formula is C13H22N2OS. The Balaban J connectivity index is 1.95. The molecule has 1 fully saturated rings. The van der Waals surface area contributed by atoms with Crippen LogP contribution in [0.1, 0.15) is 42.7 Å². The highest BCUT2D eigenvalue weighted by atomic mass is 32.1. The van der Waals surface area contributed by atoms with Crippen molar-refractivity contribution in [1.82, 2.24) is 4.98 Å². The molecule has 1 aromatic heterocycles. The van der Waals surface area contributed by atoms with E-state index in [1.807, 2.05) is 6.92 Å². The van der Waals surface area contributed by atoms with Crippen molar-refractivity contribution in [2.24, 2.45) is 5.41 Å². The third-order valence-electron chi connectivity index (χ3n) is 3.89. The van der Waals surface area contributed by atoms with Gasteiger partial charge >= 0.3 is 0 Å². The number of thiazole rings is 1. The summed E-state index contributed by atoms with van der Waals surface area (Å²) in [6, 6.07) is 0. The molecular weight excluding hydrogens is 232 g/mol. The average molecular weight is 254 g/mol. The predicted molar refractivity (Wildman–Crippen MR) is 72.7 cm³/mol. The zero-order chi connectivity index (χ0) is 12.3. The molecule has 3 nitrogen and oxygen atoms in total. The number of anilines is 1. The van der Waals surface area contributed by atoms with Gasteiger partial charge in [-0.15, -0.1) is 11.3 Å². The van der Waals surface area contributed by atoms with Crippen molar-refractivity contribution in [3.05, 3.63) is 10.6 Å². The summed E-state index contributed by atoms with van der Waals surface area (Å²) in [5, 5.41) is 14.0. The molecule has 17 heavy (non-hydrogen) atoms. The minimum Gasteiger partial charge on any atom is -0.396 e. The van der Waals surface area contributed by atoms with Crippen LogP contribution in [0.5, 0.6) is 0 Å². The second-order valence-corrected chi connectivity index (χ2v) is 6.44. The molecule has 0 unspecified atom stereocenters. The molecule has 0 bridgehead atoms. The van der Waals surface area contributed by atoms with Gasteiger partial charge in [0.1, 0.15) is 0 Å². The van der Waals surface area contributed by atoms with E-state index in [2.05, 4.69) is 17.2 Å². The van der Waals surface area contributed by atoms with Crippen molar-refractivity contribution in [1.29, 1.82) is 0 Å². The number of aliphatic hydroxyl groups excluding tert-OH is 1. The first-order valence-electron chi connectivity index (χ1n) is 6.44. The summed E-state index contributed by atoms with van der Waals surface area (Å²) in [6.07, 6.45) is 6.09. The lowest BCUT2D eigenvalue weighted by Gasteiger charge is -2.35. The van der Waals surface area contributed by atoms with E-state index in [1.54, 1.807) is 11.3 Å². The normalized spacial score (nSPS) is 19.2. The van der Waals surface area contributed by atoms with Crippen LogP contribution in [0, 0.1) is 19.3 Å². The topological polar surface area (TPSA) is 45.2 Å². The van der Waals surface area contributed by atoms with Gasteiger partial charge in [-0.3, -0.25) is 0 Å². The van der Waals surface area contributed by atoms with Crippen LogP contribution in [0.25, 0.3) is 0 Å². The Morgan fingerprint density at radius 3 is 2.53 bits per heavy atom. The highest BCUT2D eigenvalue weighted by Crippen LogP contribution is 2.36. The van der Waals surface area contributed by atoms with Gasteiger partial charge in [-0.1, -0.05) is 19.3 Å². The standard InChI is InChI=1S/C13H22N2OS/c1-10-11(2)17-12(15-10)14-8-13(9-16)6-4-3-5-7-13/h16H,3-9H2,1-2H3,(H,14,15). The summed E-state index contributed by atoms with van der Waals surface area (Å²) in [5.74, 6) is 0. The van der Waals surface area contributed by atoms with Crippen molar-refractivity contribution in [3.63, 3.8) is 0 Å². The molecule has 1 heterocycles. The average Bonchev–Trinajstić information content (AvgIpc) is 2.68. The molecule has 0 spiro atoms. The number of hydrogen-bond donors (Lipinski definition) is 2. The highest BCUT2D eigenvalue weighted by molar-refractivity contribution is 7.15. The van der Waals surface area contributed by atoms with Crippen molar-refractivity contribution in [2.75, 3.05) is 18.5 Å². The van der Waals surface area contributed by atoms with E-state index in [-0.39, 0.29) is 5.41 Å². The smallest absolute Gasteiger partial charge is 0.183 e. The minimum absolute atomic E-state index is 0.0890. The number of aromatic nitrogens is 1. The molecule has 0 atom stereocenters. The second-order valence-electron chi connectivity index (χ2n) is 5.23. The lowest BCUT2D eigenvalue weighted by atomic mass is 9.74. The largest absolute Gasteiger partial charge is 0.396 e. The Morgan fingerprint density at radius 1 is 1.29 bits per heavy atom. The third kappa shape index (κ3) is 2.99. The number of hydrogen-bond acceptors (Lipinski definition) is 4.